The first-order valence-electron chi connectivity index (χ1n) is 17.0. The molecule has 0 saturated heterocycles. The van der Waals surface area contributed by atoms with Gasteiger partial charge in [-0.25, -0.2) is 9.97 Å². The second kappa shape index (κ2) is 17.9. The van der Waals surface area contributed by atoms with Crippen molar-refractivity contribution in [3.05, 3.63) is 106 Å². The highest BCUT2D eigenvalue weighted by Gasteiger charge is 2.18. The lowest BCUT2D eigenvalue weighted by Gasteiger charge is -2.16. The molecule has 0 bridgehead atoms. The predicted octanol–water partition coefficient (Wildman–Crippen LogP) is 5.69. The highest BCUT2D eigenvalue weighted by atomic mass is 32.2. The summed E-state index contributed by atoms with van der Waals surface area (Å²) < 4.78 is 24.3. The number of ether oxygens (including phenoxy) is 4. The largest absolute Gasteiger partial charge is 0.497 e. The maximum absolute atomic E-state index is 13.8. The van der Waals surface area contributed by atoms with Crippen LogP contribution in [-0.2, 0) is 22.7 Å². The third-order valence-corrected chi connectivity index (χ3v) is 10.4. The average Bonchev–Trinajstić information content (AvgIpc) is 3.21. The van der Waals surface area contributed by atoms with Crippen LogP contribution in [0.25, 0.3) is 21.8 Å². The first-order valence-corrected chi connectivity index (χ1v) is 19.0. The molecular formula is C39H38N6O8S2. The van der Waals surface area contributed by atoms with Gasteiger partial charge >= 0.3 is 0 Å². The predicted molar refractivity (Wildman–Crippen MR) is 214 cm³/mol. The van der Waals surface area contributed by atoms with Crippen LogP contribution in [0.1, 0.15) is 6.42 Å². The maximum atomic E-state index is 13.8. The number of hydrogen-bond donors (Lipinski definition) is 2. The third-order valence-electron chi connectivity index (χ3n) is 8.45. The molecule has 0 atom stereocenters. The van der Waals surface area contributed by atoms with E-state index in [-0.39, 0.29) is 47.5 Å². The van der Waals surface area contributed by atoms with Gasteiger partial charge in [0.1, 0.15) is 23.0 Å². The molecular weight excluding hydrogens is 745 g/mol. The van der Waals surface area contributed by atoms with Crippen LogP contribution < -0.4 is 40.7 Å². The Hall–Kier alpha value is -6.00. The van der Waals surface area contributed by atoms with E-state index in [0.717, 1.165) is 23.5 Å². The summed E-state index contributed by atoms with van der Waals surface area (Å²) in [5.74, 6) is 1.30. The van der Waals surface area contributed by atoms with Crippen molar-refractivity contribution in [3.63, 3.8) is 0 Å². The van der Waals surface area contributed by atoms with E-state index in [1.54, 1.807) is 99.1 Å². The molecule has 0 aliphatic carbocycles. The van der Waals surface area contributed by atoms with E-state index < -0.39 is 0 Å². The summed E-state index contributed by atoms with van der Waals surface area (Å²) in [6.07, 6.45) is 0.339. The molecule has 0 fully saturated rings. The molecule has 2 heterocycles. The lowest BCUT2D eigenvalue weighted by atomic mass is 10.2. The zero-order valence-corrected chi connectivity index (χ0v) is 32.1. The van der Waals surface area contributed by atoms with E-state index in [2.05, 4.69) is 10.6 Å². The number of benzene rings is 4. The minimum atomic E-state index is -0.327. The summed E-state index contributed by atoms with van der Waals surface area (Å²) in [5, 5.41) is 7.26. The van der Waals surface area contributed by atoms with Crippen molar-refractivity contribution < 1.29 is 28.5 Å². The van der Waals surface area contributed by atoms with Crippen LogP contribution in [0.4, 0.5) is 11.4 Å². The Kier molecular flexibility index (Phi) is 12.6. The Morgan fingerprint density at radius 3 is 1.42 bits per heavy atom. The van der Waals surface area contributed by atoms with Crippen molar-refractivity contribution in [2.24, 2.45) is 0 Å². The fourth-order valence-electron chi connectivity index (χ4n) is 5.73. The molecule has 2 N–H and O–H groups in total. The monoisotopic (exact) mass is 782 g/mol. The highest BCUT2D eigenvalue weighted by molar-refractivity contribution is 8.00. The molecule has 0 spiro atoms. The van der Waals surface area contributed by atoms with Gasteiger partial charge in [0.2, 0.25) is 11.8 Å². The smallest absolute Gasteiger partial charge is 0.262 e. The number of nitrogens with zero attached hydrogens (tertiary/aromatic N) is 4. The van der Waals surface area contributed by atoms with Crippen LogP contribution in [0.15, 0.2) is 105 Å². The van der Waals surface area contributed by atoms with Gasteiger partial charge in [0.15, 0.2) is 10.3 Å². The quantitative estimate of drug-likeness (QED) is 0.0912. The number of amides is 2. The molecule has 284 valence electrons. The fourth-order valence-corrected chi connectivity index (χ4v) is 7.38. The molecule has 2 aromatic heterocycles. The van der Waals surface area contributed by atoms with Crippen molar-refractivity contribution >= 4 is 68.5 Å². The third kappa shape index (κ3) is 9.04. The second-order valence-electron chi connectivity index (χ2n) is 11.9. The number of nitrogens with one attached hydrogen (secondary N) is 2. The molecule has 0 aliphatic rings. The zero-order chi connectivity index (χ0) is 38.9. The van der Waals surface area contributed by atoms with Gasteiger partial charge in [0, 0.05) is 25.2 Å². The molecule has 16 heteroatoms. The van der Waals surface area contributed by atoms with Gasteiger partial charge in [-0.1, -0.05) is 47.8 Å². The Morgan fingerprint density at radius 2 is 1.02 bits per heavy atom. The normalized spacial score (nSPS) is 11.0. The molecule has 14 nitrogen and oxygen atoms in total. The van der Waals surface area contributed by atoms with Crippen LogP contribution in [0.2, 0.25) is 0 Å². The number of para-hydroxylation sites is 2. The summed E-state index contributed by atoms with van der Waals surface area (Å²) in [4.78, 5) is 63.3. The number of thioether (sulfide) groups is 2. The summed E-state index contributed by atoms with van der Waals surface area (Å²) in [6.45, 7) is 0.377. The van der Waals surface area contributed by atoms with Crippen molar-refractivity contribution in [3.8, 4) is 23.0 Å². The van der Waals surface area contributed by atoms with E-state index in [1.807, 2.05) is 0 Å². The topological polar surface area (TPSA) is 165 Å². The van der Waals surface area contributed by atoms with Crippen LogP contribution in [-0.4, -0.2) is 70.9 Å². The van der Waals surface area contributed by atoms with Gasteiger partial charge in [-0.15, -0.1) is 0 Å². The molecule has 6 aromatic rings. The molecule has 0 saturated carbocycles. The van der Waals surface area contributed by atoms with E-state index in [0.29, 0.717) is 72.9 Å². The first-order chi connectivity index (χ1) is 26.7. The summed E-state index contributed by atoms with van der Waals surface area (Å²) >= 11 is 2.25. The number of rotatable bonds is 16. The second-order valence-corrected chi connectivity index (χ2v) is 13.8. The summed E-state index contributed by atoms with van der Waals surface area (Å²) in [5.41, 5.74) is 1.41. The number of hydrogen-bond acceptors (Lipinski definition) is 12. The molecule has 0 aliphatic heterocycles. The lowest BCUT2D eigenvalue weighted by Crippen LogP contribution is -2.27. The highest BCUT2D eigenvalue weighted by Crippen LogP contribution is 2.31. The van der Waals surface area contributed by atoms with E-state index in [1.165, 1.54) is 23.4 Å². The number of fused-ring (bicyclic) bond motifs is 2. The van der Waals surface area contributed by atoms with Gasteiger partial charge in [-0.05, 0) is 55.0 Å². The Bertz CT molecular complexity index is 2320. The van der Waals surface area contributed by atoms with Gasteiger partial charge in [-0.3, -0.25) is 28.3 Å². The maximum Gasteiger partial charge on any atom is 0.262 e. The molecule has 0 unspecified atom stereocenters. The number of methoxy groups -OCH3 is 4. The van der Waals surface area contributed by atoms with Crippen molar-refractivity contribution in [1.82, 2.24) is 19.1 Å². The number of anilines is 2. The zero-order valence-electron chi connectivity index (χ0n) is 30.5. The SMILES string of the molecule is COc1ccc(NC(=O)CSc2nc3ccccc3c(=O)n2CCCn2c(SCC(=O)Nc3ccc(OC)cc3OC)nc3ccccc3c2=O)c(OC)c1. The van der Waals surface area contributed by atoms with Gasteiger partial charge in [0.05, 0.1) is 73.1 Å². The number of carbonyl (C=O) groups excluding carboxylic acids is 2. The molecule has 2 amide bonds. The lowest BCUT2D eigenvalue weighted by molar-refractivity contribution is -0.114. The Balaban J connectivity index is 1.21. The van der Waals surface area contributed by atoms with E-state index in [9.17, 15) is 19.2 Å². The van der Waals surface area contributed by atoms with Crippen LogP contribution in [0.3, 0.4) is 0 Å². The Labute approximate surface area is 324 Å². The molecule has 55 heavy (non-hydrogen) atoms. The van der Waals surface area contributed by atoms with Crippen molar-refractivity contribution in [2.45, 2.75) is 29.8 Å². The van der Waals surface area contributed by atoms with Crippen molar-refractivity contribution in [2.75, 3.05) is 50.6 Å². The number of carbonyl (C=O) groups is 2. The molecule has 4 aromatic carbocycles. The van der Waals surface area contributed by atoms with E-state index >= 15 is 0 Å². The minimum Gasteiger partial charge on any atom is -0.497 e. The van der Waals surface area contributed by atoms with Gasteiger partial charge in [-0.2, -0.15) is 0 Å². The molecule has 6 rings (SSSR count). The first kappa shape index (κ1) is 38.7. The van der Waals surface area contributed by atoms with Crippen LogP contribution >= 0.6 is 23.5 Å². The van der Waals surface area contributed by atoms with Gasteiger partial charge in [0.25, 0.3) is 11.1 Å². The van der Waals surface area contributed by atoms with E-state index in [4.69, 9.17) is 28.9 Å². The van der Waals surface area contributed by atoms with Crippen molar-refractivity contribution in [1.29, 1.82) is 0 Å². The fraction of sp³-hybridized carbons (Fsp3) is 0.231. The average molecular weight is 783 g/mol. The van der Waals surface area contributed by atoms with Gasteiger partial charge < -0.3 is 29.6 Å². The minimum absolute atomic E-state index is 0.0424. The Morgan fingerprint density at radius 1 is 0.600 bits per heavy atom. The standard InChI is InChI=1S/C39H38N6O8S2/c1-50-24-14-16-30(32(20-24)52-3)40-34(46)22-54-38-42-28-12-7-5-10-26(28)36(48)44(38)18-9-19-45-37(49)27-11-6-8-13-29(27)43-39(45)55-23-35(47)41-31-17-15-25(51-2)21-33(31)53-4/h5-8,10-17,20-21H,9,18-19,22-23H2,1-4H3,(H,40,46)(H,41,47). The summed E-state index contributed by atoms with van der Waals surface area (Å²) in [7, 11) is 6.08. The number of aromatic nitrogens is 4. The van der Waals surface area contributed by atoms with Crippen LogP contribution in [0.5, 0.6) is 23.0 Å². The van der Waals surface area contributed by atoms with Crippen LogP contribution in [0, 0.1) is 0 Å². The summed E-state index contributed by atoms with van der Waals surface area (Å²) in [6, 6.07) is 24.2. The molecule has 0 radical (unpaired) electrons.